The summed E-state index contributed by atoms with van der Waals surface area (Å²) >= 11 is 1.39. The van der Waals surface area contributed by atoms with E-state index in [1.54, 1.807) is 36.0 Å². The van der Waals surface area contributed by atoms with Crippen LogP contribution in [0.25, 0.3) is 16.2 Å². The van der Waals surface area contributed by atoms with Gasteiger partial charge in [-0.1, -0.05) is 0 Å². The number of esters is 1. The Morgan fingerprint density at radius 1 is 1.38 bits per heavy atom. The Bertz CT molecular complexity index is 856. The molecule has 21 heavy (non-hydrogen) atoms. The Morgan fingerprint density at radius 2 is 2.24 bits per heavy atom. The van der Waals surface area contributed by atoms with E-state index in [1.807, 2.05) is 5.38 Å². The van der Waals surface area contributed by atoms with Crippen molar-refractivity contribution >= 4 is 28.3 Å². The predicted octanol–water partition coefficient (Wildman–Crippen LogP) is 2.02. The van der Waals surface area contributed by atoms with Gasteiger partial charge in [0.2, 0.25) is 5.43 Å². The molecule has 3 aromatic heterocycles. The highest BCUT2D eigenvalue weighted by Gasteiger charge is 2.18. The van der Waals surface area contributed by atoms with Crippen LogP contribution in [0.1, 0.15) is 17.3 Å². The van der Waals surface area contributed by atoms with E-state index in [1.165, 1.54) is 17.5 Å². The molecule has 6 nitrogen and oxygen atoms in total. The van der Waals surface area contributed by atoms with Gasteiger partial charge in [0.1, 0.15) is 11.2 Å². The summed E-state index contributed by atoms with van der Waals surface area (Å²) in [6.45, 7) is 1.90. The number of aromatic nitrogens is 3. The third-order valence-electron chi connectivity index (χ3n) is 2.88. The molecule has 0 unspecified atom stereocenters. The van der Waals surface area contributed by atoms with Crippen molar-refractivity contribution in [3.8, 4) is 5.13 Å². The monoisotopic (exact) mass is 301 g/mol. The second kappa shape index (κ2) is 5.45. The summed E-state index contributed by atoms with van der Waals surface area (Å²) in [6.07, 6.45) is 4.68. The van der Waals surface area contributed by atoms with Crippen molar-refractivity contribution in [3.63, 3.8) is 0 Å². The Hall–Kier alpha value is -2.54. The fraction of sp³-hybridized carbons (Fsp3) is 0.143. The molecule has 0 aliphatic heterocycles. The number of ether oxygens (including phenoxy) is 1. The van der Waals surface area contributed by atoms with Crippen molar-refractivity contribution in [2.24, 2.45) is 0 Å². The van der Waals surface area contributed by atoms with Crippen LogP contribution in [0.4, 0.5) is 0 Å². The standard InChI is InChI=1S/C14H11N3O3S/c1-2-20-13(19)10-8-17(14-16-6-7-21-14)12-9(11(10)18)4-3-5-15-12/h3-8H,2H2,1H3. The molecular weight excluding hydrogens is 290 g/mol. The first-order chi connectivity index (χ1) is 10.2. The van der Waals surface area contributed by atoms with E-state index in [-0.39, 0.29) is 17.6 Å². The number of thiazole rings is 1. The minimum atomic E-state index is -0.640. The summed E-state index contributed by atoms with van der Waals surface area (Å²) < 4.78 is 6.57. The van der Waals surface area contributed by atoms with Crippen LogP contribution in [0.5, 0.6) is 0 Å². The Labute approximate surface area is 123 Å². The lowest BCUT2D eigenvalue weighted by Gasteiger charge is -2.09. The maximum Gasteiger partial charge on any atom is 0.343 e. The van der Waals surface area contributed by atoms with Crippen molar-refractivity contribution in [1.82, 2.24) is 14.5 Å². The molecule has 0 N–H and O–H groups in total. The van der Waals surface area contributed by atoms with Gasteiger partial charge in [0.05, 0.1) is 12.0 Å². The van der Waals surface area contributed by atoms with E-state index in [9.17, 15) is 9.59 Å². The number of rotatable bonds is 3. The summed E-state index contributed by atoms with van der Waals surface area (Å²) in [5.74, 6) is -0.640. The topological polar surface area (TPSA) is 74.1 Å². The molecule has 0 aliphatic rings. The van der Waals surface area contributed by atoms with Gasteiger partial charge in [-0.3, -0.25) is 9.36 Å². The molecular formula is C14H11N3O3S. The number of hydrogen-bond donors (Lipinski definition) is 0. The lowest BCUT2D eigenvalue weighted by Crippen LogP contribution is -2.20. The fourth-order valence-corrected chi connectivity index (χ4v) is 2.61. The second-order valence-corrected chi connectivity index (χ2v) is 5.02. The van der Waals surface area contributed by atoms with Crippen LogP contribution in [0.3, 0.4) is 0 Å². The third-order valence-corrected chi connectivity index (χ3v) is 3.65. The molecule has 0 aromatic carbocycles. The van der Waals surface area contributed by atoms with E-state index in [2.05, 4.69) is 9.97 Å². The number of hydrogen-bond acceptors (Lipinski definition) is 6. The summed E-state index contributed by atoms with van der Waals surface area (Å²) in [5.41, 5.74) is 0.0578. The van der Waals surface area contributed by atoms with E-state index in [0.29, 0.717) is 16.2 Å². The van der Waals surface area contributed by atoms with Crippen molar-refractivity contribution in [2.45, 2.75) is 6.92 Å². The number of carbonyl (C=O) groups excluding carboxylic acids is 1. The smallest absolute Gasteiger partial charge is 0.343 e. The molecule has 0 atom stereocenters. The zero-order valence-electron chi connectivity index (χ0n) is 11.1. The average Bonchev–Trinajstić information content (AvgIpc) is 3.02. The lowest BCUT2D eigenvalue weighted by atomic mass is 10.2. The first-order valence-electron chi connectivity index (χ1n) is 6.29. The number of fused-ring (bicyclic) bond motifs is 1. The van der Waals surface area contributed by atoms with Crippen LogP contribution >= 0.6 is 11.3 Å². The molecule has 106 valence electrons. The van der Waals surface area contributed by atoms with Crippen LogP contribution in [0, 0.1) is 0 Å². The van der Waals surface area contributed by atoms with Crippen molar-refractivity contribution in [3.05, 3.63) is 51.9 Å². The van der Waals surface area contributed by atoms with Gasteiger partial charge < -0.3 is 4.74 Å². The lowest BCUT2D eigenvalue weighted by molar-refractivity contribution is 0.0524. The zero-order chi connectivity index (χ0) is 14.8. The SMILES string of the molecule is CCOC(=O)c1cn(-c2nccs2)c2ncccc2c1=O. The molecule has 3 aromatic rings. The number of pyridine rings is 2. The molecule has 3 rings (SSSR count). The van der Waals surface area contributed by atoms with Crippen LogP contribution in [0.2, 0.25) is 0 Å². The Kier molecular flexibility index (Phi) is 3.49. The van der Waals surface area contributed by atoms with E-state index in [0.717, 1.165) is 0 Å². The molecule has 0 spiro atoms. The minimum absolute atomic E-state index is 0.0208. The maximum atomic E-state index is 12.4. The van der Waals surface area contributed by atoms with Gasteiger partial charge in [0, 0.05) is 24.0 Å². The Morgan fingerprint density at radius 3 is 2.95 bits per heavy atom. The minimum Gasteiger partial charge on any atom is -0.462 e. The van der Waals surface area contributed by atoms with Gasteiger partial charge in [0.25, 0.3) is 0 Å². The van der Waals surface area contributed by atoms with E-state index in [4.69, 9.17) is 4.74 Å². The first kappa shape index (κ1) is 13.4. The quantitative estimate of drug-likeness (QED) is 0.692. The van der Waals surface area contributed by atoms with Crippen LogP contribution < -0.4 is 5.43 Å². The zero-order valence-corrected chi connectivity index (χ0v) is 12.0. The van der Waals surface area contributed by atoms with Crippen LogP contribution in [0.15, 0.2) is 40.9 Å². The Balaban J connectivity index is 2.34. The van der Waals surface area contributed by atoms with Gasteiger partial charge >= 0.3 is 5.97 Å². The first-order valence-corrected chi connectivity index (χ1v) is 7.17. The molecule has 0 bridgehead atoms. The van der Waals surface area contributed by atoms with Gasteiger partial charge in [-0.05, 0) is 19.1 Å². The van der Waals surface area contributed by atoms with E-state index < -0.39 is 5.97 Å². The van der Waals surface area contributed by atoms with Crippen molar-refractivity contribution < 1.29 is 9.53 Å². The third kappa shape index (κ3) is 2.31. The maximum absolute atomic E-state index is 12.4. The van der Waals surface area contributed by atoms with Crippen LogP contribution in [-0.2, 0) is 4.74 Å². The average molecular weight is 301 g/mol. The molecule has 0 fully saturated rings. The van der Waals surface area contributed by atoms with E-state index >= 15 is 0 Å². The fourth-order valence-electron chi connectivity index (χ4n) is 2.00. The van der Waals surface area contributed by atoms with Gasteiger partial charge in [-0.2, -0.15) is 0 Å². The molecule has 3 heterocycles. The number of carbonyl (C=O) groups is 1. The molecule has 0 saturated carbocycles. The largest absolute Gasteiger partial charge is 0.462 e. The second-order valence-electron chi connectivity index (χ2n) is 4.15. The molecule has 0 saturated heterocycles. The highest BCUT2D eigenvalue weighted by atomic mass is 32.1. The highest BCUT2D eigenvalue weighted by Crippen LogP contribution is 2.17. The molecule has 0 amide bonds. The van der Waals surface area contributed by atoms with Gasteiger partial charge in [-0.25, -0.2) is 14.8 Å². The number of nitrogens with zero attached hydrogens (tertiary/aromatic N) is 3. The van der Waals surface area contributed by atoms with Crippen molar-refractivity contribution in [2.75, 3.05) is 6.61 Å². The van der Waals surface area contributed by atoms with Gasteiger partial charge in [-0.15, -0.1) is 11.3 Å². The summed E-state index contributed by atoms with van der Waals surface area (Å²) in [7, 11) is 0. The summed E-state index contributed by atoms with van der Waals surface area (Å²) in [6, 6.07) is 3.29. The van der Waals surface area contributed by atoms with Crippen molar-refractivity contribution in [1.29, 1.82) is 0 Å². The van der Waals surface area contributed by atoms with Gasteiger partial charge in [0.15, 0.2) is 5.13 Å². The summed E-state index contributed by atoms with van der Waals surface area (Å²) in [4.78, 5) is 32.8. The molecule has 0 aliphatic carbocycles. The normalized spacial score (nSPS) is 10.7. The summed E-state index contributed by atoms with van der Waals surface area (Å²) in [5, 5.41) is 2.80. The van der Waals surface area contributed by atoms with Crippen LogP contribution in [-0.4, -0.2) is 27.1 Å². The highest BCUT2D eigenvalue weighted by molar-refractivity contribution is 7.12. The molecule has 7 heteroatoms. The molecule has 0 radical (unpaired) electrons. The predicted molar refractivity (Wildman–Crippen MR) is 79.0 cm³/mol.